The van der Waals surface area contributed by atoms with Crippen LogP contribution in [0.25, 0.3) is 11.1 Å². The van der Waals surface area contributed by atoms with Gasteiger partial charge in [0.05, 0.1) is 12.2 Å². The van der Waals surface area contributed by atoms with Gasteiger partial charge in [-0.25, -0.2) is 33.6 Å². The Kier molecular flexibility index (Phi) is 14.9. The molecule has 0 aliphatic heterocycles. The molecule has 288 valence electrons. The molecule has 0 fully saturated rings. The van der Waals surface area contributed by atoms with E-state index >= 15 is 0 Å². The second kappa shape index (κ2) is 19.5. The van der Waals surface area contributed by atoms with Gasteiger partial charge in [-0.15, -0.1) is 0 Å². The lowest BCUT2D eigenvalue weighted by atomic mass is 9.94. The summed E-state index contributed by atoms with van der Waals surface area (Å²) in [6.45, 7) is 18.1. The zero-order valence-electron chi connectivity index (χ0n) is 30.5. The van der Waals surface area contributed by atoms with Crippen LogP contribution in [0.4, 0.5) is 18.8 Å². The average Bonchev–Trinajstić information content (AvgIpc) is 3.12. The maximum atomic E-state index is 14.2. The number of esters is 4. The van der Waals surface area contributed by atoms with Crippen LogP contribution in [0.5, 0.6) is 23.0 Å². The molecule has 15 heteroatoms. The number of hydrogen-bond acceptors (Lipinski definition) is 14. The Morgan fingerprint density at radius 1 is 0.571 bits per heavy atom. The highest BCUT2D eigenvalue weighted by Crippen LogP contribution is 2.44. The Hall–Kier alpha value is -7.60. The van der Waals surface area contributed by atoms with Crippen molar-refractivity contribution in [3.63, 3.8) is 0 Å². The predicted octanol–water partition coefficient (Wildman–Crippen LogP) is 7.60. The minimum Gasteiger partial charge on any atom is -0.422 e. The van der Waals surface area contributed by atoms with E-state index in [0.29, 0.717) is 5.56 Å². The first kappa shape index (κ1) is 42.8. The van der Waals surface area contributed by atoms with E-state index in [1.54, 1.807) is 0 Å². The van der Waals surface area contributed by atoms with E-state index in [9.17, 15) is 38.0 Å². The fraction of sp³-hybridized carbons (Fsp3) is 0.146. The SMILES string of the molecule is C=C(C)C(=O)OC(=O)Oc1ccc(C#Cc2cc(OC(=O)C(=C)C)c(-c3ccc(OC(=O)OC(=O)C(=C)C)cc3)c(OC(=O)OC(=O)C(=C)C)c2CCF)cc1. The second-order valence-corrected chi connectivity index (χ2v) is 11.6. The summed E-state index contributed by atoms with van der Waals surface area (Å²) in [5.74, 6) is 0.813. The van der Waals surface area contributed by atoms with Crippen LogP contribution >= 0.6 is 0 Å². The molecule has 0 N–H and O–H groups in total. The minimum atomic E-state index is -1.55. The summed E-state index contributed by atoms with van der Waals surface area (Å²) in [4.78, 5) is 85.4. The highest BCUT2D eigenvalue weighted by molar-refractivity contribution is 5.96. The number of ether oxygens (including phenoxy) is 7. The molecule has 0 aromatic heterocycles. The summed E-state index contributed by atoms with van der Waals surface area (Å²) >= 11 is 0. The molecule has 0 aliphatic carbocycles. The van der Waals surface area contributed by atoms with Gasteiger partial charge in [0, 0.05) is 45.4 Å². The van der Waals surface area contributed by atoms with Crippen LogP contribution in [0.15, 0.2) is 103 Å². The predicted molar refractivity (Wildman–Crippen MR) is 195 cm³/mol. The largest absolute Gasteiger partial charge is 0.522 e. The van der Waals surface area contributed by atoms with Crippen molar-refractivity contribution in [1.82, 2.24) is 0 Å². The van der Waals surface area contributed by atoms with E-state index < -0.39 is 61.2 Å². The lowest BCUT2D eigenvalue weighted by Gasteiger charge is -2.20. The number of carbonyl (C=O) groups excluding carboxylic acids is 7. The molecule has 0 atom stereocenters. The number of hydrogen-bond donors (Lipinski definition) is 0. The molecule has 0 amide bonds. The number of halogens is 1. The molecule has 3 aromatic carbocycles. The Bertz CT molecular complexity index is 2220. The van der Waals surface area contributed by atoms with Crippen LogP contribution in [0, 0.1) is 11.8 Å². The van der Waals surface area contributed by atoms with E-state index in [1.807, 2.05) is 0 Å². The molecule has 0 saturated carbocycles. The van der Waals surface area contributed by atoms with Crippen molar-refractivity contribution in [3.05, 3.63) is 120 Å². The summed E-state index contributed by atoms with van der Waals surface area (Å²) in [6, 6.07) is 12.0. The lowest BCUT2D eigenvalue weighted by Crippen LogP contribution is -2.19. The third kappa shape index (κ3) is 12.2. The van der Waals surface area contributed by atoms with Gasteiger partial charge in [-0.1, -0.05) is 50.3 Å². The Morgan fingerprint density at radius 2 is 1.00 bits per heavy atom. The second-order valence-electron chi connectivity index (χ2n) is 11.6. The summed E-state index contributed by atoms with van der Waals surface area (Å²) in [5, 5.41) is 0. The van der Waals surface area contributed by atoms with E-state index in [2.05, 4.69) is 47.6 Å². The van der Waals surface area contributed by atoms with Crippen LogP contribution in [-0.4, -0.2) is 49.0 Å². The van der Waals surface area contributed by atoms with Crippen molar-refractivity contribution >= 4 is 42.3 Å². The molecule has 0 spiro atoms. The standard InChI is InChI=1S/C41H33FO14/c1-22(2)35(43)52-32-21-28(12-9-26-10-15-29(16-11-26)50-39(47)54-36(44)23(3)4)31(19-20-42)34(53-41(49)56-38(46)25(7)8)33(32)27-13-17-30(18-14-27)51-40(48)55-37(45)24(5)6/h10-11,13-18,21H,1,3,5,7,19-20H2,2,4,6,8H3. The molecule has 0 aliphatic rings. The van der Waals surface area contributed by atoms with Gasteiger partial charge in [-0.2, -0.15) is 0 Å². The highest BCUT2D eigenvalue weighted by Gasteiger charge is 2.27. The van der Waals surface area contributed by atoms with Crippen LogP contribution < -0.4 is 18.9 Å². The quantitative estimate of drug-likeness (QED) is 0.0353. The van der Waals surface area contributed by atoms with E-state index in [0.717, 1.165) is 0 Å². The Morgan fingerprint density at radius 3 is 1.43 bits per heavy atom. The molecule has 0 heterocycles. The fourth-order valence-electron chi connectivity index (χ4n) is 4.05. The summed E-state index contributed by atoms with van der Waals surface area (Å²) in [5.41, 5.74) is 0.0582. The maximum absolute atomic E-state index is 14.2. The van der Waals surface area contributed by atoms with Gasteiger partial charge in [0.1, 0.15) is 17.2 Å². The summed E-state index contributed by atoms with van der Waals surface area (Å²) < 4.78 is 49.1. The van der Waals surface area contributed by atoms with Crippen molar-refractivity contribution in [3.8, 4) is 46.0 Å². The van der Waals surface area contributed by atoms with Gasteiger partial charge in [0.2, 0.25) is 0 Å². The van der Waals surface area contributed by atoms with E-state index in [1.165, 1.54) is 82.3 Å². The molecular formula is C41H33FO14. The summed E-state index contributed by atoms with van der Waals surface area (Å²) in [7, 11) is 0. The third-order valence-corrected chi connectivity index (χ3v) is 6.74. The number of carbonyl (C=O) groups is 7. The Labute approximate surface area is 319 Å². The van der Waals surface area contributed by atoms with Gasteiger partial charge in [0.25, 0.3) is 0 Å². The summed E-state index contributed by atoms with van der Waals surface area (Å²) in [6.07, 6.45) is -4.63. The topological polar surface area (TPSA) is 184 Å². The molecule has 3 rings (SSSR count). The normalized spacial score (nSPS) is 9.95. The molecule has 56 heavy (non-hydrogen) atoms. The number of benzene rings is 3. The van der Waals surface area contributed by atoms with Crippen molar-refractivity contribution in [2.24, 2.45) is 0 Å². The van der Waals surface area contributed by atoms with Gasteiger partial charge in [-0.3, -0.25) is 4.39 Å². The van der Waals surface area contributed by atoms with Crippen molar-refractivity contribution in [2.45, 2.75) is 34.1 Å². The minimum absolute atomic E-state index is 0.00121. The monoisotopic (exact) mass is 768 g/mol. The van der Waals surface area contributed by atoms with Gasteiger partial charge >= 0.3 is 42.3 Å². The van der Waals surface area contributed by atoms with Crippen molar-refractivity contribution < 1.29 is 71.1 Å². The highest BCUT2D eigenvalue weighted by atomic mass is 19.1. The first-order valence-corrected chi connectivity index (χ1v) is 16.0. The molecular weight excluding hydrogens is 735 g/mol. The number of alkyl halides is 1. The molecule has 0 saturated heterocycles. The maximum Gasteiger partial charge on any atom is 0.522 e. The lowest BCUT2D eigenvalue weighted by molar-refractivity contribution is -0.135. The molecule has 14 nitrogen and oxygen atoms in total. The Balaban J connectivity index is 2.19. The molecule has 3 aromatic rings. The first-order valence-electron chi connectivity index (χ1n) is 16.0. The smallest absolute Gasteiger partial charge is 0.422 e. The molecule has 0 bridgehead atoms. The molecule has 0 radical (unpaired) electrons. The van der Waals surface area contributed by atoms with Crippen molar-refractivity contribution in [2.75, 3.05) is 6.67 Å². The van der Waals surface area contributed by atoms with Gasteiger partial charge in [0.15, 0.2) is 5.75 Å². The number of rotatable bonds is 11. The van der Waals surface area contributed by atoms with E-state index in [-0.39, 0.29) is 61.8 Å². The molecule has 0 unspecified atom stereocenters. The first-order chi connectivity index (χ1) is 26.4. The van der Waals surface area contributed by atoms with Crippen molar-refractivity contribution in [1.29, 1.82) is 0 Å². The van der Waals surface area contributed by atoms with Crippen LogP contribution in [-0.2, 0) is 39.8 Å². The van der Waals surface area contributed by atoms with E-state index in [4.69, 9.17) is 23.7 Å². The average molecular weight is 769 g/mol. The van der Waals surface area contributed by atoms with Crippen LogP contribution in [0.2, 0.25) is 0 Å². The van der Waals surface area contributed by atoms with Crippen LogP contribution in [0.1, 0.15) is 44.4 Å². The van der Waals surface area contributed by atoms with Crippen LogP contribution in [0.3, 0.4) is 0 Å². The zero-order valence-corrected chi connectivity index (χ0v) is 30.5. The van der Waals surface area contributed by atoms with Gasteiger partial charge in [-0.05, 0) is 75.7 Å². The fourth-order valence-corrected chi connectivity index (χ4v) is 4.05. The van der Waals surface area contributed by atoms with Gasteiger partial charge < -0.3 is 33.2 Å². The third-order valence-electron chi connectivity index (χ3n) is 6.74. The zero-order chi connectivity index (χ0) is 41.7.